The summed E-state index contributed by atoms with van der Waals surface area (Å²) in [5, 5.41) is 4.67. The van der Waals surface area contributed by atoms with Gasteiger partial charge in [0.25, 0.3) is 0 Å². The summed E-state index contributed by atoms with van der Waals surface area (Å²) < 4.78 is 6.55. The predicted molar refractivity (Wildman–Crippen MR) is 228 cm³/mol. The third-order valence-electron chi connectivity index (χ3n) is 10.5. The van der Waals surface area contributed by atoms with Crippen molar-refractivity contribution in [2.45, 2.75) is 0 Å². The van der Waals surface area contributed by atoms with Crippen LogP contribution < -0.4 is 4.90 Å². The summed E-state index contributed by atoms with van der Waals surface area (Å²) in [4.78, 5) is 2.43. The molecule has 0 fully saturated rings. The van der Waals surface area contributed by atoms with E-state index in [1.54, 1.807) is 0 Å². The van der Waals surface area contributed by atoms with Gasteiger partial charge < -0.3 is 9.32 Å². The number of fused-ring (bicyclic) bond motifs is 4. The molecule has 0 amide bonds. The molecule has 0 saturated carbocycles. The van der Waals surface area contributed by atoms with Crippen molar-refractivity contribution >= 4 is 49.8 Å². The molecule has 10 rings (SSSR count). The van der Waals surface area contributed by atoms with Crippen LogP contribution in [0.15, 0.2) is 217 Å². The van der Waals surface area contributed by atoms with Crippen LogP contribution in [0.2, 0.25) is 0 Å². The molecule has 254 valence electrons. The molecule has 1 heterocycles. The van der Waals surface area contributed by atoms with E-state index in [2.05, 4.69) is 211 Å². The Bertz CT molecular complexity index is 2920. The summed E-state index contributed by atoms with van der Waals surface area (Å²) in [7, 11) is 0. The van der Waals surface area contributed by atoms with Crippen molar-refractivity contribution in [1.82, 2.24) is 0 Å². The van der Waals surface area contributed by atoms with Gasteiger partial charge in [-0.15, -0.1) is 0 Å². The van der Waals surface area contributed by atoms with Gasteiger partial charge in [-0.05, 0) is 92.7 Å². The lowest BCUT2D eigenvalue weighted by Crippen LogP contribution is -2.12. The van der Waals surface area contributed by atoms with E-state index < -0.39 is 0 Å². The lowest BCUT2D eigenvalue weighted by Gasteiger charge is -2.30. The van der Waals surface area contributed by atoms with Crippen molar-refractivity contribution in [1.29, 1.82) is 0 Å². The van der Waals surface area contributed by atoms with Gasteiger partial charge >= 0.3 is 0 Å². The Morgan fingerprint density at radius 3 is 1.78 bits per heavy atom. The van der Waals surface area contributed by atoms with Crippen molar-refractivity contribution in [3.8, 4) is 44.5 Å². The van der Waals surface area contributed by atoms with Gasteiger partial charge in [0.2, 0.25) is 0 Å². The van der Waals surface area contributed by atoms with Crippen LogP contribution in [-0.4, -0.2) is 0 Å². The normalized spacial score (nSPS) is 11.3. The molecule has 1 aromatic heterocycles. The summed E-state index contributed by atoms with van der Waals surface area (Å²) in [6.45, 7) is 0. The number of para-hydroxylation sites is 2. The molecule has 2 nitrogen and oxygen atoms in total. The minimum Gasteiger partial charge on any atom is -0.456 e. The third-order valence-corrected chi connectivity index (χ3v) is 10.5. The number of furan rings is 1. The Hall–Kier alpha value is -7.16. The number of hydrogen-bond acceptors (Lipinski definition) is 2. The highest BCUT2D eigenvalue weighted by molar-refractivity contribution is 6.16. The minimum atomic E-state index is 0.864. The number of rotatable bonds is 7. The molecule has 0 N–H and O–H groups in total. The topological polar surface area (TPSA) is 16.4 Å². The second-order valence-electron chi connectivity index (χ2n) is 13.7. The highest BCUT2D eigenvalue weighted by Crippen LogP contribution is 2.49. The van der Waals surface area contributed by atoms with Gasteiger partial charge in [0.05, 0.1) is 11.4 Å². The van der Waals surface area contributed by atoms with E-state index in [1.165, 1.54) is 33.0 Å². The first-order valence-corrected chi connectivity index (χ1v) is 18.4. The zero-order valence-electron chi connectivity index (χ0n) is 29.6. The van der Waals surface area contributed by atoms with E-state index in [0.29, 0.717) is 0 Å². The number of benzene rings is 9. The standard InChI is InChI=1S/C52H35NO/c1-3-14-36(15-4-1)41-20-13-21-43(35-41)51-48(32-33-50-52(51)46-23-10-12-25-49(46)54-50)53(47-24-11-9-22-45(47)39-17-5-2-6-18-39)44-30-28-38(29-31-44)42-27-26-37-16-7-8-19-40(37)34-42/h1-35H. The van der Waals surface area contributed by atoms with Crippen LogP contribution in [0.4, 0.5) is 17.1 Å². The maximum atomic E-state index is 6.55. The zero-order chi connectivity index (χ0) is 35.8. The second kappa shape index (κ2) is 13.4. The lowest BCUT2D eigenvalue weighted by atomic mass is 9.93. The van der Waals surface area contributed by atoms with Gasteiger partial charge in [-0.2, -0.15) is 0 Å². The Labute approximate surface area is 314 Å². The molecule has 0 saturated heterocycles. The second-order valence-corrected chi connectivity index (χ2v) is 13.7. The summed E-state index contributed by atoms with van der Waals surface area (Å²) in [5.74, 6) is 0. The summed E-state index contributed by atoms with van der Waals surface area (Å²) >= 11 is 0. The molecule has 2 heteroatoms. The number of nitrogens with zero attached hydrogens (tertiary/aromatic N) is 1. The quantitative estimate of drug-likeness (QED) is 0.166. The first-order valence-electron chi connectivity index (χ1n) is 18.4. The Kier molecular flexibility index (Phi) is 7.85. The predicted octanol–water partition coefficient (Wildman–Crippen LogP) is 14.9. The van der Waals surface area contributed by atoms with Gasteiger partial charge in [-0.1, -0.05) is 164 Å². The van der Waals surface area contributed by atoms with Crippen molar-refractivity contribution in [2.75, 3.05) is 4.90 Å². The van der Waals surface area contributed by atoms with E-state index in [9.17, 15) is 0 Å². The zero-order valence-corrected chi connectivity index (χ0v) is 29.6. The van der Waals surface area contributed by atoms with E-state index in [4.69, 9.17) is 4.42 Å². The maximum absolute atomic E-state index is 6.55. The van der Waals surface area contributed by atoms with Crippen LogP contribution in [0.5, 0.6) is 0 Å². The molecule has 9 aromatic carbocycles. The Balaban J connectivity index is 1.24. The monoisotopic (exact) mass is 689 g/mol. The molecule has 0 radical (unpaired) electrons. The van der Waals surface area contributed by atoms with Crippen molar-refractivity contribution < 1.29 is 4.42 Å². The van der Waals surface area contributed by atoms with Gasteiger partial charge in [-0.25, -0.2) is 0 Å². The SMILES string of the molecule is c1ccc(-c2cccc(-c3c(N(c4ccc(-c5ccc6ccccc6c5)cc4)c4ccccc4-c4ccccc4)ccc4oc5ccccc5c34)c2)cc1. The average molecular weight is 690 g/mol. The fourth-order valence-corrected chi connectivity index (χ4v) is 7.88. The average Bonchev–Trinajstić information content (AvgIpc) is 3.63. The van der Waals surface area contributed by atoms with Gasteiger partial charge in [-0.3, -0.25) is 0 Å². The number of anilines is 3. The van der Waals surface area contributed by atoms with Crippen molar-refractivity contribution in [2.24, 2.45) is 0 Å². The van der Waals surface area contributed by atoms with Crippen molar-refractivity contribution in [3.63, 3.8) is 0 Å². The first-order chi connectivity index (χ1) is 26.8. The van der Waals surface area contributed by atoms with Crippen LogP contribution in [0, 0.1) is 0 Å². The van der Waals surface area contributed by atoms with Crippen LogP contribution >= 0.6 is 0 Å². The van der Waals surface area contributed by atoms with Gasteiger partial charge in [0.1, 0.15) is 11.2 Å². The minimum absolute atomic E-state index is 0.864. The molecule has 10 aromatic rings. The summed E-state index contributed by atoms with van der Waals surface area (Å²) in [6, 6.07) is 75.9. The molecule has 0 bridgehead atoms. The molecule has 0 aliphatic rings. The molecule has 0 spiro atoms. The molecule has 0 aliphatic carbocycles. The fraction of sp³-hybridized carbons (Fsp3) is 0. The van der Waals surface area contributed by atoms with E-state index in [-0.39, 0.29) is 0 Å². The Morgan fingerprint density at radius 1 is 0.333 bits per heavy atom. The highest BCUT2D eigenvalue weighted by atomic mass is 16.3. The summed E-state index contributed by atoms with van der Waals surface area (Å²) in [6.07, 6.45) is 0. The fourth-order valence-electron chi connectivity index (χ4n) is 7.88. The van der Waals surface area contributed by atoms with Crippen LogP contribution in [0.25, 0.3) is 77.2 Å². The summed E-state index contributed by atoms with van der Waals surface area (Å²) in [5.41, 5.74) is 14.2. The van der Waals surface area contributed by atoms with Gasteiger partial charge in [0, 0.05) is 27.6 Å². The molecule has 0 atom stereocenters. The smallest absolute Gasteiger partial charge is 0.136 e. The molecule has 0 aliphatic heterocycles. The maximum Gasteiger partial charge on any atom is 0.136 e. The first kappa shape index (κ1) is 31.6. The molecule has 0 unspecified atom stereocenters. The lowest BCUT2D eigenvalue weighted by molar-refractivity contribution is 0.669. The van der Waals surface area contributed by atoms with E-state index in [1.807, 2.05) is 6.07 Å². The van der Waals surface area contributed by atoms with Crippen LogP contribution in [0.3, 0.4) is 0 Å². The molecule has 54 heavy (non-hydrogen) atoms. The van der Waals surface area contributed by atoms with Crippen LogP contribution in [-0.2, 0) is 0 Å². The van der Waals surface area contributed by atoms with E-state index in [0.717, 1.165) is 61.3 Å². The third kappa shape index (κ3) is 5.62. The molecular weight excluding hydrogens is 655 g/mol. The van der Waals surface area contributed by atoms with E-state index >= 15 is 0 Å². The molecular formula is C52H35NO. The van der Waals surface area contributed by atoms with Gasteiger partial charge in [0.15, 0.2) is 0 Å². The highest BCUT2D eigenvalue weighted by Gasteiger charge is 2.24. The van der Waals surface area contributed by atoms with Crippen LogP contribution in [0.1, 0.15) is 0 Å². The largest absolute Gasteiger partial charge is 0.456 e. The van der Waals surface area contributed by atoms with Crippen molar-refractivity contribution in [3.05, 3.63) is 212 Å². The number of hydrogen-bond donors (Lipinski definition) is 0. The Morgan fingerprint density at radius 2 is 0.944 bits per heavy atom.